The van der Waals surface area contributed by atoms with E-state index in [-0.39, 0.29) is 75.2 Å². The van der Waals surface area contributed by atoms with Crippen molar-refractivity contribution in [2.75, 3.05) is 0 Å². The van der Waals surface area contributed by atoms with Crippen LogP contribution < -0.4 is 0 Å². The van der Waals surface area contributed by atoms with Crippen molar-refractivity contribution in [3.8, 4) is 0 Å². The average molecular weight is 434 g/mol. The quantitative estimate of drug-likeness (QED) is 0.328. The van der Waals surface area contributed by atoms with Crippen LogP contribution in [0.3, 0.4) is 0 Å². The van der Waals surface area contributed by atoms with Crippen LogP contribution in [0, 0.1) is 0 Å². The molecular formula is H10F5PbSb. The molecule has 0 spiro atoms. The van der Waals surface area contributed by atoms with Crippen LogP contribution in [0.5, 0.6) is 0 Å². The minimum absolute atomic E-state index is 0. The summed E-state index contributed by atoms with van der Waals surface area (Å²) in [4.78, 5) is 0. The summed E-state index contributed by atoms with van der Waals surface area (Å²) in [5.74, 6) is 0. The fourth-order valence-corrected chi connectivity index (χ4v) is 0. The molecule has 54 valence electrons. The van der Waals surface area contributed by atoms with Crippen LogP contribution >= 0.6 is 0 Å². The number of hydrogen-bond donors (Lipinski definition) is 0. The Balaban J connectivity index is 0. The SMILES string of the molecule is F.F.F.F.F.[PbH2].[SbH3]. The van der Waals surface area contributed by atoms with Gasteiger partial charge in [-0.25, -0.2) is 0 Å². The molecule has 0 N–H and O–H groups in total. The van der Waals surface area contributed by atoms with Gasteiger partial charge in [-0.2, -0.15) is 0 Å². The van der Waals surface area contributed by atoms with Crippen molar-refractivity contribution in [1.29, 1.82) is 0 Å². The van der Waals surface area contributed by atoms with Crippen LogP contribution in [0.1, 0.15) is 0 Å². The summed E-state index contributed by atoms with van der Waals surface area (Å²) in [7, 11) is 0. The van der Waals surface area contributed by atoms with Crippen LogP contribution in [-0.4, -0.2) is 51.7 Å². The molecule has 0 unspecified atom stereocenters. The van der Waals surface area contributed by atoms with Gasteiger partial charge in [0.15, 0.2) is 0 Å². The molecule has 0 rings (SSSR count). The third-order valence-electron chi connectivity index (χ3n) is 0. The van der Waals surface area contributed by atoms with Crippen LogP contribution in [0.15, 0.2) is 0 Å². The summed E-state index contributed by atoms with van der Waals surface area (Å²) in [5.41, 5.74) is 0. The zero-order chi connectivity index (χ0) is 0. The fourth-order valence-electron chi connectivity index (χ4n) is 0. The van der Waals surface area contributed by atoms with E-state index >= 15 is 0 Å². The van der Waals surface area contributed by atoms with E-state index in [1.54, 1.807) is 0 Å². The molecule has 2 radical (unpaired) electrons. The van der Waals surface area contributed by atoms with Crippen molar-refractivity contribution in [3.63, 3.8) is 0 Å². The van der Waals surface area contributed by atoms with Gasteiger partial charge in [0.2, 0.25) is 0 Å². The summed E-state index contributed by atoms with van der Waals surface area (Å²) in [6.45, 7) is 0. The van der Waals surface area contributed by atoms with Crippen LogP contribution in [0.25, 0.3) is 0 Å². The Morgan fingerprint density at radius 1 is 0.429 bits per heavy atom. The molecule has 7 heavy (non-hydrogen) atoms. The topological polar surface area (TPSA) is 0 Å². The molecule has 0 aliphatic carbocycles. The van der Waals surface area contributed by atoms with Gasteiger partial charge >= 0.3 is 51.7 Å². The van der Waals surface area contributed by atoms with E-state index in [4.69, 9.17) is 0 Å². The van der Waals surface area contributed by atoms with Gasteiger partial charge in [-0.15, -0.1) is 0 Å². The van der Waals surface area contributed by atoms with E-state index in [1.807, 2.05) is 0 Å². The van der Waals surface area contributed by atoms with Gasteiger partial charge in [-0.05, 0) is 0 Å². The minimum atomic E-state index is 0. The standard InChI is InChI=1S/5FH.Pb.Sb.5H/h5*1H;;;;;;;. The molecule has 0 heterocycles. The average Bonchev–Trinajstić information content (AvgIpc) is 0. The van der Waals surface area contributed by atoms with E-state index in [0.29, 0.717) is 0 Å². The fraction of sp³-hybridized carbons (Fsp3) is 0. The summed E-state index contributed by atoms with van der Waals surface area (Å²) in [6, 6.07) is 0. The predicted molar refractivity (Wildman–Crippen MR) is 31.0 cm³/mol. The Morgan fingerprint density at radius 3 is 0.429 bits per heavy atom. The number of rotatable bonds is 0. The van der Waals surface area contributed by atoms with Crippen molar-refractivity contribution in [1.82, 2.24) is 0 Å². The van der Waals surface area contributed by atoms with Crippen molar-refractivity contribution in [3.05, 3.63) is 0 Å². The van der Waals surface area contributed by atoms with Gasteiger partial charge in [-0.1, -0.05) is 0 Å². The first-order valence-electron chi connectivity index (χ1n) is 0. The van der Waals surface area contributed by atoms with Crippen LogP contribution in [0.4, 0.5) is 23.5 Å². The summed E-state index contributed by atoms with van der Waals surface area (Å²) >= 11 is 0. The predicted octanol–water partition coefficient (Wildman–Crippen LogP) is -1.34. The Kier molecular flexibility index (Phi) is 5290. The normalized spacial score (nSPS) is 0. The van der Waals surface area contributed by atoms with Gasteiger partial charge in [0.05, 0.1) is 0 Å². The van der Waals surface area contributed by atoms with Crippen molar-refractivity contribution in [2.24, 2.45) is 0 Å². The second kappa shape index (κ2) is 156. The van der Waals surface area contributed by atoms with E-state index < -0.39 is 0 Å². The summed E-state index contributed by atoms with van der Waals surface area (Å²) in [6.07, 6.45) is 0. The molecule has 0 nitrogen and oxygen atoms in total. The first kappa shape index (κ1) is 237. The molecular weight excluding hydrogens is 424 g/mol. The second-order valence-corrected chi connectivity index (χ2v) is 0. The second-order valence-electron chi connectivity index (χ2n) is 0. The van der Waals surface area contributed by atoms with Crippen LogP contribution in [0.2, 0.25) is 0 Å². The molecule has 0 aromatic carbocycles. The van der Waals surface area contributed by atoms with Gasteiger partial charge in [0.1, 0.15) is 0 Å². The molecule has 0 aromatic heterocycles. The Morgan fingerprint density at radius 2 is 0.429 bits per heavy atom. The first-order chi connectivity index (χ1) is 0. The van der Waals surface area contributed by atoms with E-state index in [9.17, 15) is 0 Å². The molecule has 0 bridgehead atoms. The molecule has 0 atom stereocenters. The van der Waals surface area contributed by atoms with E-state index in [1.165, 1.54) is 0 Å². The zero-order valence-electron chi connectivity index (χ0n) is 3.46. The van der Waals surface area contributed by atoms with Crippen molar-refractivity contribution in [2.45, 2.75) is 0 Å². The molecule has 0 aromatic rings. The van der Waals surface area contributed by atoms with Crippen LogP contribution in [-0.2, 0) is 0 Å². The molecule has 0 saturated carbocycles. The summed E-state index contributed by atoms with van der Waals surface area (Å²) in [5, 5.41) is 0. The van der Waals surface area contributed by atoms with Gasteiger partial charge in [0.25, 0.3) is 0 Å². The van der Waals surface area contributed by atoms with E-state index in [2.05, 4.69) is 0 Å². The zero-order valence-corrected chi connectivity index (χ0v) is 13.0. The maximum atomic E-state index is 0. The molecule has 0 fully saturated rings. The van der Waals surface area contributed by atoms with Crippen molar-refractivity contribution < 1.29 is 23.5 Å². The summed E-state index contributed by atoms with van der Waals surface area (Å²) < 4.78 is 0. The molecule has 0 saturated heterocycles. The first-order valence-corrected chi connectivity index (χ1v) is 0. The van der Waals surface area contributed by atoms with E-state index in [0.717, 1.165) is 0 Å². The third kappa shape index (κ3) is 111. The maximum absolute atomic E-state index is 0. The molecule has 0 aliphatic rings. The van der Waals surface area contributed by atoms with Gasteiger partial charge in [0, 0.05) is 0 Å². The molecule has 7 heteroatoms. The molecule has 0 aliphatic heterocycles. The molecule has 0 amide bonds. The van der Waals surface area contributed by atoms with Gasteiger partial charge < -0.3 is 0 Å². The number of hydrogen-bond acceptors (Lipinski definition) is 0. The third-order valence-corrected chi connectivity index (χ3v) is 0. The monoisotopic (exact) mass is 434 g/mol. The van der Waals surface area contributed by atoms with Crippen molar-refractivity contribution >= 4 is 51.7 Å². The number of halogens is 5. The Labute approximate surface area is 74.9 Å². The Hall–Kier alpha value is 1.39. The van der Waals surface area contributed by atoms with Gasteiger partial charge in [-0.3, -0.25) is 23.5 Å². The Bertz CT molecular complexity index is 8.04.